The molecule has 3 aliphatic heterocycles. The molecule has 3 aromatic heterocycles. The highest BCUT2D eigenvalue weighted by molar-refractivity contribution is 7.23. The molecular formula is C35H34ClF2N9O2S. The van der Waals surface area contributed by atoms with Crippen LogP contribution in [0.25, 0.3) is 32.1 Å². The second kappa shape index (κ2) is 12.3. The van der Waals surface area contributed by atoms with Crippen LogP contribution in [0.1, 0.15) is 49.8 Å². The maximum Gasteiger partial charge on any atom is 0.319 e. The molecule has 15 heteroatoms. The van der Waals surface area contributed by atoms with Gasteiger partial charge in [0, 0.05) is 35.3 Å². The Labute approximate surface area is 295 Å². The van der Waals surface area contributed by atoms with Gasteiger partial charge in [0.05, 0.1) is 38.8 Å². The molecule has 50 heavy (non-hydrogen) atoms. The zero-order valence-corrected chi connectivity index (χ0v) is 28.8. The highest BCUT2D eigenvalue weighted by Gasteiger charge is 2.49. The Hall–Kier alpha value is -4.55. The highest BCUT2D eigenvalue weighted by Crippen LogP contribution is 2.51. The number of nitrogens with two attached hydrogens (primary N) is 3. The van der Waals surface area contributed by atoms with Crippen molar-refractivity contribution >= 4 is 60.6 Å². The first-order valence-electron chi connectivity index (χ1n) is 16.5. The lowest BCUT2D eigenvalue weighted by Gasteiger charge is -2.34. The third-order valence-corrected chi connectivity index (χ3v) is 11.9. The Morgan fingerprint density at radius 3 is 2.82 bits per heavy atom. The van der Waals surface area contributed by atoms with Gasteiger partial charge >= 0.3 is 6.01 Å². The van der Waals surface area contributed by atoms with Crippen LogP contribution < -0.4 is 31.6 Å². The molecule has 6 heterocycles. The van der Waals surface area contributed by atoms with Crippen LogP contribution in [0.5, 0.6) is 11.8 Å². The van der Waals surface area contributed by atoms with Gasteiger partial charge in [-0.05, 0) is 56.8 Å². The molecule has 0 radical (unpaired) electrons. The molecule has 3 unspecified atom stereocenters. The van der Waals surface area contributed by atoms with E-state index in [2.05, 4.69) is 14.9 Å². The van der Waals surface area contributed by atoms with Crippen LogP contribution in [0.4, 0.5) is 25.4 Å². The first-order valence-corrected chi connectivity index (χ1v) is 17.7. The number of fused-ring (bicyclic) bond motifs is 2. The topological polar surface area (TPSA) is 165 Å². The number of aromatic nitrogens is 3. The molecule has 3 atom stereocenters. The first kappa shape index (κ1) is 32.6. The van der Waals surface area contributed by atoms with Crippen molar-refractivity contribution in [2.45, 2.75) is 50.2 Å². The van der Waals surface area contributed by atoms with Gasteiger partial charge in [-0.2, -0.15) is 15.2 Å². The summed E-state index contributed by atoms with van der Waals surface area (Å²) in [7, 11) is 0. The van der Waals surface area contributed by atoms with Crippen molar-refractivity contribution in [3.05, 3.63) is 58.2 Å². The van der Waals surface area contributed by atoms with Gasteiger partial charge in [-0.15, -0.1) is 11.3 Å². The number of benzene rings is 2. The molecule has 6 N–H and O–H groups in total. The molecule has 0 aliphatic carbocycles. The maximum absolute atomic E-state index is 17.3. The third-order valence-electron chi connectivity index (χ3n) is 10.6. The standard InChI is InChI=1S/C35H34ClF2N9O2S/c1-17(19-4-2-10-43-31(19)41)46-12-13-48-29-25-28(44-34(45-33(25)46)49-16-35-8-3-11-47(35)18(14-39)7-9-35)27(38)24(26(29)36)20-5-6-22(37)30-23(20)21(15-40)32(42)50-30/h2,4-6,10,17-18H,3,7-9,11-14,16,39,42H2,1H3,(H2,41,43). The van der Waals surface area contributed by atoms with Crippen LogP contribution in [0.3, 0.4) is 0 Å². The van der Waals surface area contributed by atoms with Crippen molar-refractivity contribution < 1.29 is 18.3 Å². The Morgan fingerprint density at radius 1 is 1.20 bits per heavy atom. The molecule has 2 saturated heterocycles. The number of ether oxygens (including phenoxy) is 2. The fourth-order valence-corrected chi connectivity index (χ4v) is 9.41. The number of halogens is 3. The van der Waals surface area contributed by atoms with E-state index in [0.717, 1.165) is 49.1 Å². The van der Waals surface area contributed by atoms with E-state index in [1.165, 1.54) is 12.1 Å². The average molecular weight is 718 g/mol. The molecule has 258 valence electrons. The van der Waals surface area contributed by atoms with E-state index in [1.54, 1.807) is 12.3 Å². The molecule has 11 nitrogen and oxygen atoms in total. The Morgan fingerprint density at radius 2 is 2.04 bits per heavy atom. The van der Waals surface area contributed by atoms with E-state index in [1.807, 2.05) is 24.0 Å². The summed E-state index contributed by atoms with van der Waals surface area (Å²) in [5, 5.41) is 10.4. The van der Waals surface area contributed by atoms with Gasteiger partial charge in [-0.1, -0.05) is 23.7 Å². The summed E-state index contributed by atoms with van der Waals surface area (Å²) >= 11 is 7.99. The van der Waals surface area contributed by atoms with Crippen molar-refractivity contribution in [2.75, 3.05) is 49.2 Å². The number of nitrogen functional groups attached to an aromatic ring is 2. The van der Waals surface area contributed by atoms with E-state index in [9.17, 15) is 5.26 Å². The Bertz CT molecular complexity index is 2230. The fraction of sp³-hybridized carbons (Fsp3) is 0.371. The molecule has 3 aliphatic rings. The first-order chi connectivity index (χ1) is 24.2. The van der Waals surface area contributed by atoms with Crippen LogP contribution in [0.2, 0.25) is 5.02 Å². The SMILES string of the molecule is CC(c1cccnc1N)N1CCOc2c(Cl)c(-c3ccc(F)c4sc(N)c(C#N)c34)c(F)c3nc(OCC45CCCN4C(CN)CC5)nc1c23. The number of anilines is 3. The van der Waals surface area contributed by atoms with Crippen molar-refractivity contribution in [3.8, 4) is 29.0 Å². The predicted octanol–water partition coefficient (Wildman–Crippen LogP) is 6.17. The lowest BCUT2D eigenvalue weighted by atomic mass is 9.95. The molecule has 0 bridgehead atoms. The summed E-state index contributed by atoms with van der Waals surface area (Å²) in [5.41, 5.74) is 19.1. The molecule has 2 aromatic carbocycles. The van der Waals surface area contributed by atoms with Crippen molar-refractivity contribution in [1.82, 2.24) is 19.9 Å². The Kier molecular flexibility index (Phi) is 8.06. The van der Waals surface area contributed by atoms with Crippen molar-refractivity contribution in [1.29, 1.82) is 5.26 Å². The second-order valence-corrected chi connectivity index (χ2v) is 14.5. The summed E-state index contributed by atoms with van der Waals surface area (Å²) < 4.78 is 45.2. The maximum atomic E-state index is 17.3. The number of hydrogen-bond acceptors (Lipinski definition) is 12. The summed E-state index contributed by atoms with van der Waals surface area (Å²) in [6, 6.07) is 8.24. The number of nitriles is 1. The molecule has 0 saturated carbocycles. The van der Waals surface area contributed by atoms with Crippen LogP contribution in [-0.4, -0.2) is 64.3 Å². The quantitative estimate of drug-likeness (QED) is 0.176. The predicted molar refractivity (Wildman–Crippen MR) is 191 cm³/mol. The molecule has 0 amide bonds. The summed E-state index contributed by atoms with van der Waals surface area (Å²) in [6.45, 7) is 4.26. The second-order valence-electron chi connectivity index (χ2n) is 13.1. The summed E-state index contributed by atoms with van der Waals surface area (Å²) in [6.07, 6.45) is 5.50. The summed E-state index contributed by atoms with van der Waals surface area (Å²) in [5.74, 6) is -0.513. The normalized spacial score (nSPS) is 20.9. The molecular weight excluding hydrogens is 684 g/mol. The lowest BCUT2D eigenvalue weighted by molar-refractivity contribution is 0.0865. The largest absolute Gasteiger partial charge is 0.489 e. The minimum absolute atomic E-state index is 0.0111. The van der Waals surface area contributed by atoms with Gasteiger partial charge in [-0.25, -0.2) is 13.8 Å². The zero-order valence-electron chi connectivity index (χ0n) is 27.2. The lowest BCUT2D eigenvalue weighted by Crippen LogP contribution is -2.48. The minimum Gasteiger partial charge on any atom is -0.489 e. The van der Waals surface area contributed by atoms with Gasteiger partial charge in [0.15, 0.2) is 11.6 Å². The third kappa shape index (κ3) is 4.90. The van der Waals surface area contributed by atoms with Crippen LogP contribution in [-0.2, 0) is 0 Å². The van der Waals surface area contributed by atoms with Crippen LogP contribution in [0, 0.1) is 23.0 Å². The van der Waals surface area contributed by atoms with Crippen molar-refractivity contribution in [3.63, 3.8) is 0 Å². The van der Waals surface area contributed by atoms with E-state index in [-0.39, 0.29) is 83.7 Å². The molecule has 2 fully saturated rings. The number of thiophene rings is 1. The number of hydrogen-bond donors (Lipinski definition) is 3. The highest BCUT2D eigenvalue weighted by atomic mass is 35.5. The molecule has 5 aromatic rings. The number of pyridine rings is 1. The number of rotatable bonds is 7. The van der Waals surface area contributed by atoms with Crippen molar-refractivity contribution in [2.24, 2.45) is 5.73 Å². The molecule has 8 rings (SSSR count). The Balaban J connectivity index is 1.35. The van der Waals surface area contributed by atoms with Crippen LogP contribution >= 0.6 is 22.9 Å². The monoisotopic (exact) mass is 717 g/mol. The summed E-state index contributed by atoms with van der Waals surface area (Å²) in [4.78, 5) is 18.3. The van der Waals surface area contributed by atoms with E-state index in [4.69, 9.17) is 43.3 Å². The smallest absolute Gasteiger partial charge is 0.319 e. The fourth-order valence-electron chi connectivity index (χ4n) is 8.13. The van der Waals surface area contributed by atoms with Gasteiger partial charge < -0.3 is 31.6 Å². The number of nitrogens with zero attached hydrogens (tertiary/aromatic N) is 6. The molecule has 0 spiro atoms. The van der Waals surface area contributed by atoms with Crippen LogP contribution in [0.15, 0.2) is 30.5 Å². The van der Waals surface area contributed by atoms with Gasteiger partial charge in [0.2, 0.25) is 0 Å². The van der Waals surface area contributed by atoms with E-state index >= 15 is 8.78 Å². The van der Waals surface area contributed by atoms with E-state index < -0.39 is 11.6 Å². The van der Waals surface area contributed by atoms with Gasteiger partial charge in [0.25, 0.3) is 0 Å². The zero-order chi connectivity index (χ0) is 34.9. The van der Waals surface area contributed by atoms with Gasteiger partial charge in [0.1, 0.15) is 47.3 Å². The van der Waals surface area contributed by atoms with E-state index in [0.29, 0.717) is 31.3 Å². The van der Waals surface area contributed by atoms with Gasteiger partial charge in [-0.3, -0.25) is 4.90 Å². The average Bonchev–Trinajstić information content (AvgIpc) is 3.74. The minimum atomic E-state index is -0.799.